The van der Waals surface area contributed by atoms with Gasteiger partial charge in [-0.15, -0.1) is 0 Å². The summed E-state index contributed by atoms with van der Waals surface area (Å²) in [5, 5.41) is 22.4. The maximum absolute atomic E-state index is 11.2. The first kappa shape index (κ1) is 24.3. The number of aromatic nitrogens is 1. The molecule has 1 aliphatic heterocycles. The Morgan fingerprint density at radius 2 is 1.73 bits per heavy atom. The van der Waals surface area contributed by atoms with E-state index in [-0.39, 0.29) is 12.6 Å². The van der Waals surface area contributed by atoms with Crippen LogP contribution in [0.3, 0.4) is 0 Å². The molecule has 0 radical (unpaired) electrons. The normalized spacial score (nSPS) is 18.8. The van der Waals surface area contributed by atoms with Gasteiger partial charge in [0.2, 0.25) is 0 Å². The van der Waals surface area contributed by atoms with E-state index in [1.54, 1.807) is 25.3 Å². The van der Waals surface area contributed by atoms with Crippen LogP contribution >= 0.6 is 34.8 Å². The Morgan fingerprint density at radius 3 is 2.36 bits per heavy atom. The van der Waals surface area contributed by atoms with Crippen LogP contribution in [0.25, 0.3) is 0 Å². The van der Waals surface area contributed by atoms with Crippen LogP contribution in [-0.2, 0) is 12.2 Å². The number of β-amino-alcohol motifs (C(OH)–C–C–N with tert-alkyl or cyclic N) is 1. The summed E-state index contributed by atoms with van der Waals surface area (Å²) in [6.45, 7) is 4.29. The van der Waals surface area contributed by atoms with Crippen molar-refractivity contribution in [3.63, 3.8) is 0 Å². The third-order valence-corrected chi connectivity index (χ3v) is 6.87. The molecule has 2 heterocycles. The second-order valence-corrected chi connectivity index (χ2v) is 9.84. The number of rotatable bonds is 6. The van der Waals surface area contributed by atoms with Crippen molar-refractivity contribution >= 4 is 40.5 Å². The minimum absolute atomic E-state index is 0.0142. The first-order valence-electron chi connectivity index (χ1n) is 10.7. The minimum atomic E-state index is -1.09. The minimum Gasteiger partial charge on any atom is -0.390 e. The van der Waals surface area contributed by atoms with Gasteiger partial charge in [0.25, 0.3) is 0 Å². The summed E-state index contributed by atoms with van der Waals surface area (Å²) in [5.74, 6) is 0. The van der Waals surface area contributed by atoms with Crippen molar-refractivity contribution in [2.75, 3.05) is 31.1 Å². The lowest BCUT2D eigenvalue weighted by molar-refractivity contribution is 0.00997. The lowest BCUT2D eigenvalue weighted by Gasteiger charge is -2.45. The lowest BCUT2D eigenvalue weighted by Crippen LogP contribution is -2.52. The number of benzene rings is 2. The van der Waals surface area contributed by atoms with Crippen molar-refractivity contribution < 1.29 is 10.2 Å². The van der Waals surface area contributed by atoms with Crippen LogP contribution in [0.4, 0.5) is 5.69 Å². The molecule has 1 aliphatic rings. The first-order chi connectivity index (χ1) is 15.8. The zero-order chi connectivity index (χ0) is 23.6. The van der Waals surface area contributed by atoms with Crippen molar-refractivity contribution in [1.29, 1.82) is 0 Å². The molecule has 8 heteroatoms. The molecule has 0 spiro atoms. The summed E-state index contributed by atoms with van der Waals surface area (Å²) in [6, 6.07) is 17.0. The molecule has 2 N–H and O–H groups in total. The van der Waals surface area contributed by atoms with Crippen LogP contribution in [0.1, 0.15) is 29.8 Å². The third kappa shape index (κ3) is 5.62. The number of hydrogen-bond donors (Lipinski definition) is 2. The van der Waals surface area contributed by atoms with Gasteiger partial charge in [0.1, 0.15) is 5.60 Å². The van der Waals surface area contributed by atoms with Gasteiger partial charge in [-0.05, 0) is 48.9 Å². The molecule has 174 valence electrons. The van der Waals surface area contributed by atoms with Gasteiger partial charge in [-0.1, -0.05) is 53.0 Å². The van der Waals surface area contributed by atoms with Gasteiger partial charge in [-0.25, -0.2) is 0 Å². The Hall–Kier alpha value is -1.86. The second kappa shape index (κ2) is 10.2. The predicted molar refractivity (Wildman–Crippen MR) is 134 cm³/mol. The molecule has 1 aromatic heterocycles. The highest BCUT2D eigenvalue weighted by atomic mass is 35.5. The topological polar surface area (TPSA) is 59.8 Å². The SMILES string of the molecule is C[C@@](O)(CN1CCN(c2ccc(Cl)cc2Cl)[C@H](c2ccc(Cl)cc2)C1)c1ccc(CO)nc1. The summed E-state index contributed by atoms with van der Waals surface area (Å²) in [4.78, 5) is 8.75. The second-order valence-electron chi connectivity index (χ2n) is 8.56. The smallest absolute Gasteiger partial charge is 0.101 e. The highest BCUT2D eigenvalue weighted by molar-refractivity contribution is 6.36. The summed E-state index contributed by atoms with van der Waals surface area (Å²) in [5.41, 5.74) is 2.24. The van der Waals surface area contributed by atoms with Crippen molar-refractivity contribution in [2.45, 2.75) is 25.2 Å². The Balaban J connectivity index is 1.59. The fraction of sp³-hybridized carbons (Fsp3) is 0.320. The number of aliphatic hydroxyl groups excluding tert-OH is 1. The monoisotopic (exact) mass is 505 g/mol. The fourth-order valence-corrected chi connectivity index (χ4v) is 4.96. The van der Waals surface area contributed by atoms with Crippen molar-refractivity contribution in [2.24, 2.45) is 0 Å². The summed E-state index contributed by atoms with van der Waals surface area (Å²) >= 11 is 18.8. The standard InChI is InChI=1S/C25H26Cl3N3O2/c1-25(33,18-4-8-21(15-32)29-13-18)16-30-10-11-31(23-9-7-20(27)12-22(23)28)24(14-30)17-2-5-19(26)6-3-17/h2-9,12-13,24,32-33H,10-11,14-16H2,1H3/t24-,25+/m0/s1. The summed E-state index contributed by atoms with van der Waals surface area (Å²) in [7, 11) is 0. The molecule has 0 amide bonds. The zero-order valence-electron chi connectivity index (χ0n) is 18.3. The molecule has 2 atom stereocenters. The number of pyridine rings is 1. The summed E-state index contributed by atoms with van der Waals surface area (Å²) < 4.78 is 0. The molecule has 33 heavy (non-hydrogen) atoms. The third-order valence-electron chi connectivity index (χ3n) is 6.08. The average molecular weight is 507 g/mol. The highest BCUT2D eigenvalue weighted by Gasteiger charge is 2.34. The molecule has 2 aromatic carbocycles. The van der Waals surface area contributed by atoms with E-state index in [4.69, 9.17) is 34.8 Å². The molecule has 0 bridgehead atoms. The Labute approximate surface area is 209 Å². The molecule has 1 fully saturated rings. The van der Waals surface area contributed by atoms with Crippen molar-refractivity contribution in [3.8, 4) is 0 Å². The molecule has 0 aliphatic carbocycles. The van der Waals surface area contributed by atoms with E-state index < -0.39 is 5.60 Å². The first-order valence-corrected chi connectivity index (χ1v) is 11.9. The molecule has 3 aromatic rings. The van der Waals surface area contributed by atoms with E-state index in [1.165, 1.54) is 0 Å². The average Bonchev–Trinajstić information content (AvgIpc) is 2.80. The largest absolute Gasteiger partial charge is 0.390 e. The van der Waals surface area contributed by atoms with Gasteiger partial charge >= 0.3 is 0 Å². The molecule has 5 nitrogen and oxygen atoms in total. The lowest BCUT2D eigenvalue weighted by atomic mass is 9.95. The number of hydrogen-bond acceptors (Lipinski definition) is 5. The van der Waals surface area contributed by atoms with Crippen LogP contribution in [0, 0.1) is 0 Å². The van der Waals surface area contributed by atoms with Gasteiger partial charge in [-0.3, -0.25) is 9.88 Å². The van der Waals surface area contributed by atoms with Gasteiger partial charge in [0.15, 0.2) is 0 Å². The van der Waals surface area contributed by atoms with Crippen molar-refractivity contribution in [3.05, 3.63) is 92.7 Å². The Morgan fingerprint density at radius 1 is 1.00 bits per heavy atom. The number of piperazine rings is 1. The molecule has 0 unspecified atom stereocenters. The van der Waals surface area contributed by atoms with E-state index in [2.05, 4.69) is 14.8 Å². The van der Waals surface area contributed by atoms with Crippen LogP contribution in [-0.4, -0.2) is 46.3 Å². The predicted octanol–water partition coefficient (Wildman–Crippen LogP) is 5.31. The van der Waals surface area contributed by atoms with Crippen LogP contribution in [0.15, 0.2) is 60.8 Å². The number of nitrogens with zero attached hydrogens (tertiary/aromatic N) is 3. The maximum Gasteiger partial charge on any atom is 0.101 e. The Kier molecular flexibility index (Phi) is 7.49. The van der Waals surface area contributed by atoms with E-state index in [0.717, 1.165) is 24.3 Å². The van der Waals surface area contributed by atoms with Gasteiger partial charge < -0.3 is 15.1 Å². The number of halogens is 3. The van der Waals surface area contributed by atoms with E-state index in [0.29, 0.717) is 39.4 Å². The van der Waals surface area contributed by atoms with Crippen LogP contribution < -0.4 is 4.90 Å². The van der Waals surface area contributed by atoms with E-state index in [1.807, 2.05) is 42.5 Å². The molecule has 4 rings (SSSR count). The molecular weight excluding hydrogens is 481 g/mol. The van der Waals surface area contributed by atoms with E-state index in [9.17, 15) is 10.2 Å². The van der Waals surface area contributed by atoms with Gasteiger partial charge in [0.05, 0.1) is 29.1 Å². The van der Waals surface area contributed by atoms with Gasteiger partial charge in [0, 0.05) is 48.0 Å². The van der Waals surface area contributed by atoms with Crippen LogP contribution in [0.2, 0.25) is 15.1 Å². The number of anilines is 1. The molecular formula is C25H26Cl3N3O2. The molecule has 1 saturated heterocycles. The summed E-state index contributed by atoms with van der Waals surface area (Å²) in [6.07, 6.45) is 1.63. The highest BCUT2D eigenvalue weighted by Crippen LogP contribution is 2.37. The quantitative estimate of drug-likeness (QED) is 0.475. The number of aliphatic hydroxyl groups is 2. The maximum atomic E-state index is 11.2. The van der Waals surface area contributed by atoms with E-state index >= 15 is 0 Å². The fourth-order valence-electron chi connectivity index (χ4n) is 4.32. The van der Waals surface area contributed by atoms with Crippen molar-refractivity contribution in [1.82, 2.24) is 9.88 Å². The Bertz CT molecular complexity index is 1090. The molecule has 0 saturated carbocycles. The van der Waals surface area contributed by atoms with Gasteiger partial charge in [-0.2, -0.15) is 0 Å². The zero-order valence-corrected chi connectivity index (χ0v) is 20.5. The van der Waals surface area contributed by atoms with Crippen LogP contribution in [0.5, 0.6) is 0 Å².